The van der Waals surface area contributed by atoms with Crippen LogP contribution in [0.2, 0.25) is 0 Å². The van der Waals surface area contributed by atoms with E-state index in [-0.39, 0.29) is 18.7 Å². The van der Waals surface area contributed by atoms with Crippen LogP contribution in [0.5, 0.6) is 0 Å². The first kappa shape index (κ1) is 13.6. The zero-order chi connectivity index (χ0) is 13.7. The number of rotatable bonds is 5. The van der Waals surface area contributed by atoms with E-state index in [1.165, 1.54) is 0 Å². The third-order valence-electron chi connectivity index (χ3n) is 3.36. The van der Waals surface area contributed by atoms with Crippen molar-refractivity contribution in [2.75, 3.05) is 6.54 Å². The Bertz CT molecular complexity index is 432. The Morgan fingerprint density at radius 3 is 2.84 bits per heavy atom. The number of aliphatic hydroxyl groups excluding tert-OH is 1. The minimum Gasteiger partial charge on any atom is -0.445 e. The molecule has 1 N–H and O–H groups in total. The van der Waals surface area contributed by atoms with Crippen molar-refractivity contribution in [1.82, 2.24) is 4.90 Å². The number of aliphatic hydroxyl groups is 1. The summed E-state index contributed by atoms with van der Waals surface area (Å²) in [6, 6.07) is 9.41. The Morgan fingerprint density at radius 1 is 1.53 bits per heavy atom. The molecule has 4 heteroatoms. The molecule has 0 radical (unpaired) electrons. The molecule has 2 rings (SSSR count). The molecular formula is C15H19NO3. The van der Waals surface area contributed by atoms with Crippen LogP contribution in [0, 0.1) is 0 Å². The molecule has 1 heterocycles. The fourth-order valence-corrected chi connectivity index (χ4v) is 2.16. The summed E-state index contributed by atoms with van der Waals surface area (Å²) in [5.41, 5.74) is 0.958. The zero-order valence-corrected chi connectivity index (χ0v) is 10.9. The first-order valence-electron chi connectivity index (χ1n) is 6.48. The number of hydrogen-bond acceptors (Lipinski definition) is 3. The maximum Gasteiger partial charge on any atom is 0.410 e. The van der Waals surface area contributed by atoms with Crippen LogP contribution >= 0.6 is 0 Å². The fourth-order valence-electron chi connectivity index (χ4n) is 2.16. The lowest BCUT2D eigenvalue weighted by Crippen LogP contribution is -2.56. The quantitative estimate of drug-likeness (QED) is 0.828. The highest BCUT2D eigenvalue weighted by Crippen LogP contribution is 2.23. The Labute approximate surface area is 113 Å². The summed E-state index contributed by atoms with van der Waals surface area (Å²) in [5, 5.41) is 9.85. The van der Waals surface area contributed by atoms with Crippen molar-refractivity contribution in [2.45, 2.75) is 31.6 Å². The summed E-state index contributed by atoms with van der Waals surface area (Å²) in [6.45, 7) is 4.50. The molecule has 0 spiro atoms. The lowest BCUT2D eigenvalue weighted by molar-refractivity contribution is -0.0154. The molecule has 102 valence electrons. The number of carbonyl (C=O) groups excluding carboxylic acids is 1. The highest BCUT2D eigenvalue weighted by molar-refractivity contribution is 5.69. The van der Waals surface area contributed by atoms with E-state index in [1.807, 2.05) is 30.3 Å². The topological polar surface area (TPSA) is 49.8 Å². The van der Waals surface area contributed by atoms with Gasteiger partial charge in [0.2, 0.25) is 0 Å². The molecular weight excluding hydrogens is 242 g/mol. The van der Waals surface area contributed by atoms with Gasteiger partial charge in [-0.1, -0.05) is 36.4 Å². The van der Waals surface area contributed by atoms with Crippen LogP contribution in [0.1, 0.15) is 18.4 Å². The Hall–Kier alpha value is -1.81. The van der Waals surface area contributed by atoms with Gasteiger partial charge in [-0.05, 0) is 18.4 Å². The van der Waals surface area contributed by atoms with Gasteiger partial charge < -0.3 is 14.7 Å². The smallest absolute Gasteiger partial charge is 0.410 e. The van der Waals surface area contributed by atoms with Crippen molar-refractivity contribution in [3.63, 3.8) is 0 Å². The molecule has 1 saturated heterocycles. The predicted octanol–water partition coefficient (Wildman–Crippen LogP) is 2.33. The van der Waals surface area contributed by atoms with Gasteiger partial charge in [-0.3, -0.25) is 0 Å². The molecule has 19 heavy (non-hydrogen) atoms. The van der Waals surface area contributed by atoms with E-state index in [0.29, 0.717) is 13.0 Å². The van der Waals surface area contributed by atoms with Crippen molar-refractivity contribution in [3.8, 4) is 0 Å². The van der Waals surface area contributed by atoms with Crippen molar-refractivity contribution in [3.05, 3.63) is 48.6 Å². The van der Waals surface area contributed by atoms with Crippen LogP contribution in [-0.2, 0) is 11.3 Å². The molecule has 0 aliphatic carbocycles. The van der Waals surface area contributed by atoms with Gasteiger partial charge in [-0.2, -0.15) is 0 Å². The van der Waals surface area contributed by atoms with E-state index in [4.69, 9.17) is 4.74 Å². The predicted molar refractivity (Wildman–Crippen MR) is 72.6 cm³/mol. The minimum absolute atomic E-state index is 0.138. The fraction of sp³-hybridized carbons (Fsp3) is 0.400. The molecule has 0 bridgehead atoms. The van der Waals surface area contributed by atoms with Crippen molar-refractivity contribution >= 4 is 6.09 Å². The van der Waals surface area contributed by atoms with Crippen LogP contribution in [0.25, 0.3) is 0 Å². The second-order valence-corrected chi connectivity index (χ2v) is 4.68. The molecule has 1 aromatic carbocycles. The molecule has 1 aliphatic heterocycles. The van der Waals surface area contributed by atoms with Gasteiger partial charge in [0.15, 0.2) is 0 Å². The van der Waals surface area contributed by atoms with E-state index in [1.54, 1.807) is 11.0 Å². The van der Waals surface area contributed by atoms with Crippen LogP contribution in [0.3, 0.4) is 0 Å². The second kappa shape index (κ2) is 6.38. The number of likely N-dealkylation sites (tertiary alicyclic amines) is 1. The maximum atomic E-state index is 11.9. The number of nitrogens with zero attached hydrogens (tertiary/aromatic N) is 1. The van der Waals surface area contributed by atoms with Crippen molar-refractivity contribution < 1.29 is 14.6 Å². The number of amides is 1. The van der Waals surface area contributed by atoms with Gasteiger partial charge in [0.1, 0.15) is 6.61 Å². The van der Waals surface area contributed by atoms with Crippen LogP contribution in [0.4, 0.5) is 4.79 Å². The molecule has 4 nitrogen and oxygen atoms in total. The lowest BCUT2D eigenvalue weighted by Gasteiger charge is -2.42. The van der Waals surface area contributed by atoms with E-state index >= 15 is 0 Å². The Morgan fingerprint density at radius 2 is 2.26 bits per heavy atom. The third kappa shape index (κ3) is 3.35. The largest absolute Gasteiger partial charge is 0.445 e. The monoisotopic (exact) mass is 261 g/mol. The lowest BCUT2D eigenvalue weighted by atomic mass is 9.96. The highest BCUT2D eigenvalue weighted by atomic mass is 16.6. The standard InChI is InChI=1S/C15H19NO3/c1-2-6-14(17)13-9-10-16(13)15(18)19-11-12-7-4-3-5-8-12/h2-5,7-8,13-14,17H,1,6,9-11H2. The summed E-state index contributed by atoms with van der Waals surface area (Å²) in [6.07, 6.45) is 2.07. The summed E-state index contributed by atoms with van der Waals surface area (Å²) < 4.78 is 5.24. The normalized spacial score (nSPS) is 19.4. The van der Waals surface area contributed by atoms with Gasteiger partial charge in [0, 0.05) is 6.54 Å². The number of hydrogen-bond donors (Lipinski definition) is 1. The SMILES string of the molecule is C=CCC(O)C1CCN1C(=O)OCc1ccccc1. The molecule has 1 amide bonds. The van der Waals surface area contributed by atoms with Gasteiger partial charge in [-0.25, -0.2) is 4.79 Å². The molecule has 1 aromatic rings. The number of carbonyl (C=O) groups is 1. The summed E-state index contributed by atoms with van der Waals surface area (Å²) >= 11 is 0. The highest BCUT2D eigenvalue weighted by Gasteiger charge is 2.37. The first-order chi connectivity index (χ1) is 9.22. The summed E-state index contributed by atoms with van der Waals surface area (Å²) in [7, 11) is 0. The second-order valence-electron chi connectivity index (χ2n) is 4.68. The molecule has 0 aromatic heterocycles. The number of benzene rings is 1. The molecule has 2 unspecified atom stereocenters. The van der Waals surface area contributed by atoms with Gasteiger partial charge in [0.25, 0.3) is 0 Å². The number of ether oxygens (including phenoxy) is 1. The van der Waals surface area contributed by atoms with Gasteiger partial charge in [-0.15, -0.1) is 6.58 Å². The molecule has 1 aliphatic rings. The Kier molecular flexibility index (Phi) is 4.58. The first-order valence-corrected chi connectivity index (χ1v) is 6.48. The molecule has 1 fully saturated rings. The van der Waals surface area contributed by atoms with Crippen LogP contribution < -0.4 is 0 Å². The van der Waals surface area contributed by atoms with Gasteiger partial charge in [0.05, 0.1) is 12.1 Å². The van der Waals surface area contributed by atoms with Crippen molar-refractivity contribution in [1.29, 1.82) is 0 Å². The zero-order valence-electron chi connectivity index (χ0n) is 10.9. The van der Waals surface area contributed by atoms with Crippen LogP contribution in [0.15, 0.2) is 43.0 Å². The molecule has 0 saturated carbocycles. The van der Waals surface area contributed by atoms with E-state index in [2.05, 4.69) is 6.58 Å². The average Bonchev–Trinajstić information content (AvgIpc) is 2.36. The van der Waals surface area contributed by atoms with E-state index in [9.17, 15) is 9.90 Å². The van der Waals surface area contributed by atoms with E-state index < -0.39 is 6.10 Å². The summed E-state index contributed by atoms with van der Waals surface area (Å²) in [4.78, 5) is 13.5. The van der Waals surface area contributed by atoms with E-state index in [0.717, 1.165) is 12.0 Å². The van der Waals surface area contributed by atoms with Gasteiger partial charge >= 0.3 is 6.09 Å². The van der Waals surface area contributed by atoms with Crippen molar-refractivity contribution in [2.24, 2.45) is 0 Å². The minimum atomic E-state index is -0.546. The third-order valence-corrected chi connectivity index (χ3v) is 3.36. The maximum absolute atomic E-state index is 11.9. The summed E-state index contributed by atoms with van der Waals surface area (Å²) in [5.74, 6) is 0. The molecule has 2 atom stereocenters. The van der Waals surface area contributed by atoms with Crippen LogP contribution in [-0.4, -0.2) is 34.8 Å². The Balaban J connectivity index is 1.82. The average molecular weight is 261 g/mol.